The number of benzene rings is 1. The van der Waals surface area contributed by atoms with E-state index in [9.17, 15) is 9.59 Å². The highest BCUT2D eigenvalue weighted by molar-refractivity contribution is 9.10. The molecule has 0 aliphatic heterocycles. The Morgan fingerprint density at radius 3 is 2.26 bits per heavy atom. The molecule has 0 atom stereocenters. The summed E-state index contributed by atoms with van der Waals surface area (Å²) in [6, 6.07) is 7.11. The standard InChI is InChI=1S/C14H19BrN2O2/c1-3-17(4-2)13(18)9-10-16-14(19)11-5-7-12(15)8-6-11/h5-8H,3-4,9-10H2,1-2H3,(H,16,19). The van der Waals surface area contributed by atoms with E-state index in [-0.39, 0.29) is 11.8 Å². The van der Waals surface area contributed by atoms with Crippen LogP contribution in [0.15, 0.2) is 28.7 Å². The molecule has 104 valence electrons. The van der Waals surface area contributed by atoms with Crippen LogP contribution in [0.2, 0.25) is 0 Å². The lowest BCUT2D eigenvalue weighted by Crippen LogP contribution is -2.34. The average Bonchev–Trinajstić information content (AvgIpc) is 2.40. The Bertz CT molecular complexity index is 428. The summed E-state index contributed by atoms with van der Waals surface area (Å²) in [7, 11) is 0. The molecule has 4 nitrogen and oxygen atoms in total. The van der Waals surface area contributed by atoms with E-state index in [1.807, 2.05) is 26.0 Å². The first-order valence-electron chi connectivity index (χ1n) is 6.40. The van der Waals surface area contributed by atoms with Crippen LogP contribution in [0.25, 0.3) is 0 Å². The largest absolute Gasteiger partial charge is 0.352 e. The van der Waals surface area contributed by atoms with E-state index < -0.39 is 0 Å². The van der Waals surface area contributed by atoms with Crippen molar-refractivity contribution in [2.45, 2.75) is 20.3 Å². The highest BCUT2D eigenvalue weighted by atomic mass is 79.9. The first kappa shape index (κ1) is 15.7. The third-order valence-electron chi connectivity index (χ3n) is 2.85. The van der Waals surface area contributed by atoms with Gasteiger partial charge in [-0.1, -0.05) is 15.9 Å². The van der Waals surface area contributed by atoms with Crippen molar-refractivity contribution in [1.82, 2.24) is 10.2 Å². The van der Waals surface area contributed by atoms with Crippen LogP contribution in [-0.4, -0.2) is 36.3 Å². The van der Waals surface area contributed by atoms with Crippen LogP contribution >= 0.6 is 15.9 Å². The summed E-state index contributed by atoms with van der Waals surface area (Å²) in [6.45, 7) is 5.67. The number of amides is 2. The van der Waals surface area contributed by atoms with Crippen molar-refractivity contribution < 1.29 is 9.59 Å². The van der Waals surface area contributed by atoms with Crippen molar-refractivity contribution in [2.75, 3.05) is 19.6 Å². The minimum Gasteiger partial charge on any atom is -0.352 e. The zero-order valence-electron chi connectivity index (χ0n) is 11.3. The lowest BCUT2D eigenvalue weighted by molar-refractivity contribution is -0.130. The predicted molar refractivity (Wildman–Crippen MR) is 79.0 cm³/mol. The van der Waals surface area contributed by atoms with Crippen LogP contribution in [0, 0.1) is 0 Å². The molecule has 0 saturated heterocycles. The van der Waals surface area contributed by atoms with Crippen LogP contribution < -0.4 is 5.32 Å². The third-order valence-corrected chi connectivity index (χ3v) is 3.38. The number of nitrogens with one attached hydrogen (secondary N) is 1. The molecule has 0 bridgehead atoms. The van der Waals surface area contributed by atoms with Gasteiger partial charge in [-0.3, -0.25) is 9.59 Å². The fraction of sp³-hybridized carbons (Fsp3) is 0.429. The summed E-state index contributed by atoms with van der Waals surface area (Å²) >= 11 is 3.32. The molecule has 0 aromatic heterocycles. The quantitative estimate of drug-likeness (QED) is 0.872. The summed E-state index contributed by atoms with van der Waals surface area (Å²) in [5.41, 5.74) is 0.596. The van der Waals surface area contributed by atoms with Crippen LogP contribution in [0.4, 0.5) is 0 Å². The minimum absolute atomic E-state index is 0.0705. The number of halogens is 1. The lowest BCUT2D eigenvalue weighted by Gasteiger charge is -2.18. The van der Waals surface area contributed by atoms with Gasteiger partial charge in [0, 0.05) is 36.1 Å². The fourth-order valence-corrected chi connectivity index (χ4v) is 1.99. The molecule has 2 amide bonds. The third kappa shape index (κ3) is 5.03. The van der Waals surface area contributed by atoms with Crippen LogP contribution in [-0.2, 0) is 4.79 Å². The molecule has 1 N–H and O–H groups in total. The molecular weight excluding hydrogens is 308 g/mol. The SMILES string of the molecule is CCN(CC)C(=O)CCNC(=O)c1ccc(Br)cc1. The van der Waals surface area contributed by atoms with E-state index in [0.29, 0.717) is 31.6 Å². The number of hydrogen-bond donors (Lipinski definition) is 1. The van der Waals surface area contributed by atoms with Gasteiger partial charge in [0.05, 0.1) is 0 Å². The van der Waals surface area contributed by atoms with Gasteiger partial charge in [0.25, 0.3) is 5.91 Å². The second kappa shape index (κ2) is 7.94. The van der Waals surface area contributed by atoms with Gasteiger partial charge < -0.3 is 10.2 Å². The van der Waals surface area contributed by atoms with Crippen molar-refractivity contribution in [1.29, 1.82) is 0 Å². The van der Waals surface area contributed by atoms with Crippen molar-refractivity contribution in [3.8, 4) is 0 Å². The van der Waals surface area contributed by atoms with Gasteiger partial charge in [-0.2, -0.15) is 0 Å². The molecule has 1 aromatic rings. The van der Waals surface area contributed by atoms with Crippen molar-refractivity contribution in [3.05, 3.63) is 34.3 Å². The maximum atomic E-state index is 11.8. The van der Waals surface area contributed by atoms with Gasteiger partial charge in [0.1, 0.15) is 0 Å². The van der Waals surface area contributed by atoms with E-state index >= 15 is 0 Å². The van der Waals surface area contributed by atoms with E-state index in [1.54, 1.807) is 17.0 Å². The van der Waals surface area contributed by atoms with Gasteiger partial charge in [-0.15, -0.1) is 0 Å². The van der Waals surface area contributed by atoms with Gasteiger partial charge in [-0.25, -0.2) is 0 Å². The summed E-state index contributed by atoms with van der Waals surface area (Å²) in [5, 5.41) is 2.75. The predicted octanol–water partition coefficient (Wildman–Crippen LogP) is 2.44. The maximum absolute atomic E-state index is 11.8. The van der Waals surface area contributed by atoms with Crippen LogP contribution in [0.3, 0.4) is 0 Å². The van der Waals surface area contributed by atoms with Gasteiger partial charge in [0.15, 0.2) is 0 Å². The lowest BCUT2D eigenvalue weighted by atomic mass is 10.2. The smallest absolute Gasteiger partial charge is 0.251 e. The monoisotopic (exact) mass is 326 g/mol. The molecule has 0 radical (unpaired) electrons. The summed E-state index contributed by atoms with van der Waals surface area (Å²) in [4.78, 5) is 25.3. The minimum atomic E-state index is -0.153. The second-order valence-electron chi connectivity index (χ2n) is 4.08. The van der Waals surface area contributed by atoms with Crippen molar-refractivity contribution in [3.63, 3.8) is 0 Å². The van der Waals surface area contributed by atoms with Gasteiger partial charge >= 0.3 is 0 Å². The first-order chi connectivity index (χ1) is 9.08. The maximum Gasteiger partial charge on any atom is 0.251 e. The Morgan fingerprint density at radius 1 is 1.16 bits per heavy atom. The number of carbonyl (C=O) groups excluding carboxylic acids is 2. The van der Waals surface area contributed by atoms with E-state index in [0.717, 1.165) is 4.47 Å². The molecule has 1 aromatic carbocycles. The molecule has 0 heterocycles. The topological polar surface area (TPSA) is 49.4 Å². The number of hydrogen-bond acceptors (Lipinski definition) is 2. The average molecular weight is 327 g/mol. The molecule has 5 heteroatoms. The zero-order valence-corrected chi connectivity index (χ0v) is 12.9. The van der Waals surface area contributed by atoms with Gasteiger partial charge in [0.2, 0.25) is 5.91 Å². The molecule has 19 heavy (non-hydrogen) atoms. The van der Waals surface area contributed by atoms with E-state index in [2.05, 4.69) is 21.2 Å². The fourth-order valence-electron chi connectivity index (χ4n) is 1.72. The highest BCUT2D eigenvalue weighted by Crippen LogP contribution is 2.10. The number of rotatable bonds is 6. The molecule has 0 spiro atoms. The first-order valence-corrected chi connectivity index (χ1v) is 7.19. The molecular formula is C14H19BrN2O2. The summed E-state index contributed by atoms with van der Waals surface area (Å²) in [6.07, 6.45) is 0.337. The molecule has 0 fully saturated rings. The highest BCUT2D eigenvalue weighted by Gasteiger charge is 2.10. The van der Waals surface area contributed by atoms with Crippen molar-refractivity contribution >= 4 is 27.7 Å². The zero-order chi connectivity index (χ0) is 14.3. The molecule has 0 aliphatic rings. The Morgan fingerprint density at radius 2 is 1.74 bits per heavy atom. The Kier molecular flexibility index (Phi) is 6.56. The Labute approximate surface area is 122 Å². The Balaban J connectivity index is 2.39. The molecule has 0 saturated carbocycles. The van der Waals surface area contributed by atoms with E-state index in [1.165, 1.54) is 0 Å². The van der Waals surface area contributed by atoms with Crippen LogP contribution in [0.5, 0.6) is 0 Å². The number of carbonyl (C=O) groups is 2. The van der Waals surface area contributed by atoms with Crippen molar-refractivity contribution in [2.24, 2.45) is 0 Å². The summed E-state index contributed by atoms with van der Waals surface area (Å²) < 4.78 is 0.931. The van der Waals surface area contributed by atoms with Crippen LogP contribution in [0.1, 0.15) is 30.6 Å². The second-order valence-corrected chi connectivity index (χ2v) is 4.99. The molecule has 1 rings (SSSR count). The number of nitrogens with zero attached hydrogens (tertiary/aromatic N) is 1. The molecule has 0 unspecified atom stereocenters. The van der Waals surface area contributed by atoms with Gasteiger partial charge in [-0.05, 0) is 38.1 Å². The van der Waals surface area contributed by atoms with E-state index in [4.69, 9.17) is 0 Å². The normalized spacial score (nSPS) is 10.1. The molecule has 0 aliphatic carbocycles. The summed E-state index contributed by atoms with van der Waals surface area (Å²) in [5.74, 6) is -0.0825. The Hall–Kier alpha value is -1.36.